The van der Waals surface area contributed by atoms with E-state index in [0.29, 0.717) is 22.2 Å². The molecule has 1 heterocycles. The van der Waals surface area contributed by atoms with Crippen molar-refractivity contribution in [2.45, 2.75) is 26.2 Å². The Hall–Kier alpha value is -2.34. The summed E-state index contributed by atoms with van der Waals surface area (Å²) in [4.78, 5) is 25.5. The molecule has 1 aromatic heterocycles. The third-order valence-electron chi connectivity index (χ3n) is 4.25. The average Bonchev–Trinajstić information content (AvgIpc) is 2.98. The minimum absolute atomic E-state index is 0.116. The van der Waals surface area contributed by atoms with Gasteiger partial charge in [-0.25, -0.2) is 4.79 Å². The first kappa shape index (κ1) is 16.5. The van der Waals surface area contributed by atoms with Gasteiger partial charge in [-0.2, -0.15) is 0 Å². The van der Waals surface area contributed by atoms with Crippen LogP contribution in [0, 0.1) is 5.92 Å². The van der Waals surface area contributed by atoms with Crippen LogP contribution in [0.1, 0.15) is 43.8 Å². The maximum Gasteiger partial charge on any atom is 0.335 e. The quantitative estimate of drug-likeness (QED) is 0.883. The van der Waals surface area contributed by atoms with Crippen LogP contribution in [0.15, 0.2) is 24.3 Å². The molecule has 3 rings (SSSR count). The number of hydrogen-bond acceptors (Lipinski definition) is 4. The SMILES string of the molecule is COc1cc(C(=O)O)ccc1NC(=O)c1cc2c(s1)CCC(C)C2. The van der Waals surface area contributed by atoms with Crippen molar-refractivity contribution in [1.29, 1.82) is 0 Å². The van der Waals surface area contributed by atoms with Crippen molar-refractivity contribution in [3.63, 3.8) is 0 Å². The molecule has 126 valence electrons. The van der Waals surface area contributed by atoms with E-state index in [-0.39, 0.29) is 11.5 Å². The van der Waals surface area contributed by atoms with E-state index >= 15 is 0 Å². The van der Waals surface area contributed by atoms with Crippen LogP contribution in [-0.4, -0.2) is 24.1 Å². The average molecular weight is 345 g/mol. The van der Waals surface area contributed by atoms with Gasteiger partial charge in [0, 0.05) is 4.88 Å². The third kappa shape index (κ3) is 3.28. The van der Waals surface area contributed by atoms with Gasteiger partial charge in [-0.3, -0.25) is 4.79 Å². The van der Waals surface area contributed by atoms with Gasteiger partial charge in [0.15, 0.2) is 0 Å². The lowest BCUT2D eigenvalue weighted by atomic mass is 9.90. The summed E-state index contributed by atoms with van der Waals surface area (Å²) in [6.45, 7) is 2.23. The van der Waals surface area contributed by atoms with E-state index in [9.17, 15) is 9.59 Å². The molecule has 2 aromatic rings. The highest BCUT2D eigenvalue weighted by Crippen LogP contribution is 2.33. The predicted octanol–water partition coefficient (Wildman–Crippen LogP) is 3.83. The summed E-state index contributed by atoms with van der Waals surface area (Å²) in [5.41, 5.74) is 1.86. The molecule has 0 aliphatic heterocycles. The number of aromatic carboxylic acids is 1. The normalized spacial score (nSPS) is 16.3. The maximum absolute atomic E-state index is 12.5. The number of amides is 1. The molecular weight excluding hydrogens is 326 g/mol. The zero-order chi connectivity index (χ0) is 17.3. The number of thiophene rings is 1. The second-order valence-electron chi connectivity index (χ2n) is 6.08. The molecule has 1 atom stereocenters. The molecule has 1 aromatic carbocycles. The molecule has 0 bridgehead atoms. The Kier molecular flexibility index (Phi) is 4.57. The second-order valence-corrected chi connectivity index (χ2v) is 7.22. The minimum atomic E-state index is -1.04. The van der Waals surface area contributed by atoms with Gasteiger partial charge < -0.3 is 15.2 Å². The van der Waals surface area contributed by atoms with Gasteiger partial charge in [0.2, 0.25) is 0 Å². The predicted molar refractivity (Wildman–Crippen MR) is 93.4 cm³/mol. The van der Waals surface area contributed by atoms with Gasteiger partial charge in [0.05, 0.1) is 23.2 Å². The lowest BCUT2D eigenvalue weighted by molar-refractivity contribution is 0.0696. The molecule has 5 nitrogen and oxygen atoms in total. The van der Waals surface area contributed by atoms with E-state index < -0.39 is 5.97 Å². The van der Waals surface area contributed by atoms with Crippen LogP contribution in [-0.2, 0) is 12.8 Å². The monoisotopic (exact) mass is 345 g/mol. The molecule has 0 spiro atoms. The Morgan fingerprint density at radius 3 is 2.83 bits per heavy atom. The van der Waals surface area contributed by atoms with E-state index in [1.807, 2.05) is 6.07 Å². The molecule has 0 fully saturated rings. The molecule has 0 saturated carbocycles. The van der Waals surface area contributed by atoms with Crippen molar-refractivity contribution >= 4 is 28.9 Å². The maximum atomic E-state index is 12.5. The van der Waals surface area contributed by atoms with Gasteiger partial charge in [-0.1, -0.05) is 6.92 Å². The zero-order valence-corrected chi connectivity index (χ0v) is 14.4. The standard InChI is InChI=1S/C18H19NO4S/c1-10-3-6-15-12(7-10)9-16(24-15)17(20)19-13-5-4-11(18(21)22)8-14(13)23-2/h4-5,8-10H,3,6-7H2,1-2H3,(H,19,20)(H,21,22). The highest BCUT2D eigenvalue weighted by Gasteiger charge is 2.21. The number of methoxy groups -OCH3 is 1. The molecule has 1 aliphatic carbocycles. The van der Waals surface area contributed by atoms with Crippen molar-refractivity contribution in [2.24, 2.45) is 5.92 Å². The summed E-state index contributed by atoms with van der Waals surface area (Å²) in [6.07, 6.45) is 3.22. The van der Waals surface area contributed by atoms with Crippen molar-refractivity contribution in [1.82, 2.24) is 0 Å². The summed E-state index contributed by atoms with van der Waals surface area (Å²) in [6, 6.07) is 6.37. The first-order valence-electron chi connectivity index (χ1n) is 7.82. The Morgan fingerprint density at radius 1 is 1.33 bits per heavy atom. The molecule has 24 heavy (non-hydrogen) atoms. The van der Waals surface area contributed by atoms with E-state index in [1.54, 1.807) is 6.07 Å². The van der Waals surface area contributed by atoms with E-state index in [2.05, 4.69) is 12.2 Å². The highest BCUT2D eigenvalue weighted by molar-refractivity contribution is 7.14. The van der Waals surface area contributed by atoms with Gasteiger partial charge in [0.25, 0.3) is 5.91 Å². The largest absolute Gasteiger partial charge is 0.495 e. The number of aryl methyl sites for hydroxylation is 1. The van der Waals surface area contributed by atoms with Crippen LogP contribution < -0.4 is 10.1 Å². The van der Waals surface area contributed by atoms with Gasteiger partial charge in [-0.15, -0.1) is 11.3 Å². The number of fused-ring (bicyclic) bond motifs is 1. The first-order valence-corrected chi connectivity index (χ1v) is 8.64. The van der Waals surface area contributed by atoms with E-state index in [4.69, 9.17) is 9.84 Å². The fourth-order valence-corrected chi connectivity index (χ4v) is 4.03. The summed E-state index contributed by atoms with van der Waals surface area (Å²) in [5.74, 6) is -0.237. The molecule has 1 unspecified atom stereocenters. The number of anilines is 1. The van der Waals surface area contributed by atoms with Crippen LogP contribution in [0.25, 0.3) is 0 Å². The lowest BCUT2D eigenvalue weighted by Gasteiger charge is -2.16. The zero-order valence-electron chi connectivity index (χ0n) is 13.6. The summed E-state index contributed by atoms with van der Waals surface area (Å²) in [7, 11) is 1.45. The molecule has 2 N–H and O–H groups in total. The van der Waals surface area contributed by atoms with Crippen LogP contribution in [0.5, 0.6) is 5.75 Å². The minimum Gasteiger partial charge on any atom is -0.495 e. The third-order valence-corrected chi connectivity index (χ3v) is 5.49. The second kappa shape index (κ2) is 6.65. The molecule has 6 heteroatoms. The van der Waals surface area contributed by atoms with Gasteiger partial charge in [0.1, 0.15) is 5.75 Å². The number of rotatable bonds is 4. The molecule has 0 radical (unpaired) electrons. The van der Waals surface area contributed by atoms with Crippen LogP contribution >= 0.6 is 11.3 Å². The van der Waals surface area contributed by atoms with Crippen LogP contribution in [0.2, 0.25) is 0 Å². The lowest BCUT2D eigenvalue weighted by Crippen LogP contribution is -2.11. The molecule has 0 saturated heterocycles. The fourth-order valence-electron chi connectivity index (χ4n) is 2.93. The number of hydrogen-bond donors (Lipinski definition) is 2. The van der Waals surface area contributed by atoms with Crippen molar-refractivity contribution in [3.8, 4) is 5.75 Å². The Bertz CT molecular complexity index is 796. The summed E-state index contributed by atoms with van der Waals surface area (Å²) in [5, 5.41) is 11.8. The van der Waals surface area contributed by atoms with E-state index in [1.165, 1.54) is 47.4 Å². The van der Waals surface area contributed by atoms with Crippen molar-refractivity contribution < 1.29 is 19.4 Å². The molecule has 1 aliphatic rings. The summed E-state index contributed by atoms with van der Waals surface area (Å²) >= 11 is 1.54. The number of carbonyl (C=O) groups is 2. The summed E-state index contributed by atoms with van der Waals surface area (Å²) < 4.78 is 5.19. The number of carbonyl (C=O) groups excluding carboxylic acids is 1. The van der Waals surface area contributed by atoms with E-state index in [0.717, 1.165) is 12.8 Å². The van der Waals surface area contributed by atoms with Gasteiger partial charge >= 0.3 is 5.97 Å². The number of carboxylic acid groups (broad SMARTS) is 1. The number of benzene rings is 1. The number of carboxylic acids is 1. The Balaban J connectivity index is 1.81. The first-order chi connectivity index (χ1) is 11.5. The number of nitrogens with one attached hydrogen (secondary N) is 1. The molecule has 1 amide bonds. The number of ether oxygens (including phenoxy) is 1. The topological polar surface area (TPSA) is 75.6 Å². The highest BCUT2D eigenvalue weighted by atomic mass is 32.1. The van der Waals surface area contributed by atoms with Crippen molar-refractivity contribution in [2.75, 3.05) is 12.4 Å². The Morgan fingerprint density at radius 2 is 2.12 bits per heavy atom. The Labute approximate surface area is 144 Å². The van der Waals surface area contributed by atoms with Gasteiger partial charge in [-0.05, 0) is 55.0 Å². The van der Waals surface area contributed by atoms with Crippen molar-refractivity contribution in [3.05, 3.63) is 45.1 Å². The van der Waals surface area contributed by atoms with Crippen LogP contribution in [0.3, 0.4) is 0 Å². The fraction of sp³-hybridized carbons (Fsp3) is 0.333. The van der Waals surface area contributed by atoms with Crippen LogP contribution in [0.4, 0.5) is 5.69 Å². The smallest absolute Gasteiger partial charge is 0.335 e. The molecular formula is C18H19NO4S.